The van der Waals surface area contributed by atoms with E-state index >= 15 is 0 Å². The lowest BCUT2D eigenvalue weighted by atomic mass is 9.93. The highest BCUT2D eigenvalue weighted by Crippen LogP contribution is 2.46. The monoisotopic (exact) mass is 590 g/mol. The molecule has 3 aromatic rings. The van der Waals surface area contributed by atoms with Crippen molar-refractivity contribution in [3.8, 4) is 11.8 Å². The summed E-state index contributed by atoms with van der Waals surface area (Å²) in [7, 11) is -3.33. The number of nitrogens with two attached hydrogens (primary N) is 1. The van der Waals surface area contributed by atoms with E-state index in [9.17, 15) is 24.8 Å². The van der Waals surface area contributed by atoms with E-state index in [-0.39, 0.29) is 23.9 Å². The predicted molar refractivity (Wildman–Crippen MR) is 142 cm³/mol. The number of nitrogens with zero attached hydrogens (tertiary/aromatic N) is 4. The highest BCUT2D eigenvalue weighted by molar-refractivity contribution is 7.52. The molecule has 41 heavy (non-hydrogen) atoms. The van der Waals surface area contributed by atoms with Crippen LogP contribution in [0.2, 0.25) is 0 Å². The second kappa shape index (κ2) is 12.9. The molecule has 0 spiro atoms. The van der Waals surface area contributed by atoms with Gasteiger partial charge in [0, 0.05) is 13.5 Å². The minimum absolute atomic E-state index is 0.0763. The molecule has 6 atom stereocenters. The van der Waals surface area contributed by atoms with Crippen LogP contribution in [0.25, 0.3) is 5.52 Å². The van der Waals surface area contributed by atoms with E-state index in [1.165, 1.54) is 35.7 Å². The van der Waals surface area contributed by atoms with Gasteiger partial charge in [-0.15, -0.1) is 0 Å². The summed E-state index contributed by atoms with van der Waals surface area (Å²) in [6.07, 6.45) is -2.43. The second-order valence-corrected chi connectivity index (χ2v) is 10.9. The Morgan fingerprint density at radius 3 is 2.76 bits per heavy atom. The van der Waals surface area contributed by atoms with Crippen LogP contribution in [-0.2, 0) is 28.1 Å². The number of hydrogen-bond acceptors (Lipinski definition) is 13. The summed E-state index contributed by atoms with van der Waals surface area (Å²) < 4.78 is 42.3. The van der Waals surface area contributed by atoms with Crippen LogP contribution in [0.5, 0.6) is 5.75 Å². The number of benzene rings is 1. The number of esters is 1. The average molecular weight is 591 g/mol. The third kappa shape index (κ3) is 6.83. The third-order valence-electron chi connectivity index (χ3n) is 6.44. The van der Waals surface area contributed by atoms with Gasteiger partial charge < -0.3 is 34.7 Å². The molecule has 0 radical (unpaired) electrons. The fourth-order valence-electron chi connectivity index (χ4n) is 4.08. The summed E-state index contributed by atoms with van der Waals surface area (Å²) in [5, 5.41) is 38.8. The molecule has 1 aromatic carbocycles. The SMILES string of the molecule is CO[C@](C#N)(COP(=O)(N[C@@H](C)C(=O)O[C@H]1CCOC1)Oc1ccccc1)[C@@H](O)[C@@H](O)c1ccc2c(N)ncnn12. The van der Waals surface area contributed by atoms with Crippen molar-refractivity contribution in [3.63, 3.8) is 0 Å². The second-order valence-electron chi connectivity index (χ2n) is 9.24. The molecule has 1 aliphatic rings. The molecule has 1 aliphatic heterocycles. The maximum absolute atomic E-state index is 13.9. The Hall–Kier alpha value is -3.61. The maximum Gasteiger partial charge on any atom is 0.459 e. The number of aliphatic hydroxyl groups excluding tert-OH is 2. The van der Waals surface area contributed by atoms with Gasteiger partial charge in [0.1, 0.15) is 54.6 Å². The fourth-order valence-corrected chi connectivity index (χ4v) is 5.60. The van der Waals surface area contributed by atoms with Crippen LogP contribution >= 0.6 is 7.75 Å². The Labute approximate surface area is 235 Å². The van der Waals surface area contributed by atoms with E-state index in [1.54, 1.807) is 24.3 Å². The van der Waals surface area contributed by atoms with Gasteiger partial charge in [-0.1, -0.05) is 18.2 Å². The Bertz CT molecular complexity index is 1430. The van der Waals surface area contributed by atoms with Gasteiger partial charge in [-0.05, 0) is 31.2 Å². The molecule has 1 unspecified atom stereocenters. The largest absolute Gasteiger partial charge is 0.459 e. The van der Waals surface area contributed by atoms with Gasteiger partial charge in [-0.3, -0.25) is 9.32 Å². The quantitative estimate of drug-likeness (QED) is 0.162. The van der Waals surface area contributed by atoms with Crippen molar-refractivity contribution in [2.24, 2.45) is 0 Å². The molecular formula is C25H31N6O9P. The molecule has 5 N–H and O–H groups in total. The van der Waals surface area contributed by atoms with Crippen molar-refractivity contribution in [2.45, 2.75) is 43.3 Å². The number of nitriles is 1. The Balaban J connectivity index is 1.55. The highest BCUT2D eigenvalue weighted by atomic mass is 31.2. The zero-order chi connectivity index (χ0) is 29.6. The number of carbonyl (C=O) groups excluding carboxylic acids is 1. The number of aromatic nitrogens is 3. The lowest BCUT2D eigenvalue weighted by Gasteiger charge is -2.34. The van der Waals surface area contributed by atoms with Crippen molar-refractivity contribution in [2.75, 3.05) is 32.7 Å². The molecule has 1 saturated heterocycles. The molecule has 0 bridgehead atoms. The lowest BCUT2D eigenvalue weighted by molar-refractivity contribution is -0.150. The Kier molecular flexibility index (Phi) is 9.57. The van der Waals surface area contributed by atoms with E-state index in [0.29, 0.717) is 18.5 Å². The third-order valence-corrected chi connectivity index (χ3v) is 8.06. The van der Waals surface area contributed by atoms with Crippen molar-refractivity contribution < 1.29 is 42.8 Å². The van der Waals surface area contributed by atoms with Gasteiger partial charge in [0.25, 0.3) is 0 Å². The lowest BCUT2D eigenvalue weighted by Crippen LogP contribution is -2.50. The van der Waals surface area contributed by atoms with Gasteiger partial charge >= 0.3 is 13.7 Å². The molecule has 15 nitrogen and oxygen atoms in total. The van der Waals surface area contributed by atoms with Crippen LogP contribution in [-0.4, -0.2) is 81.6 Å². The number of nitrogens with one attached hydrogen (secondary N) is 1. The Morgan fingerprint density at radius 2 is 2.10 bits per heavy atom. The topological polar surface area (TPSA) is 213 Å². The van der Waals surface area contributed by atoms with Gasteiger partial charge in [-0.2, -0.15) is 15.4 Å². The number of carbonyl (C=O) groups is 1. The number of aliphatic hydroxyl groups is 2. The van der Waals surface area contributed by atoms with Crippen LogP contribution in [0.15, 0.2) is 48.8 Å². The van der Waals surface area contributed by atoms with Gasteiger partial charge in [0.2, 0.25) is 5.60 Å². The summed E-state index contributed by atoms with van der Waals surface area (Å²) in [5.41, 5.74) is 4.02. The number of anilines is 1. The molecule has 0 saturated carbocycles. The van der Waals surface area contributed by atoms with E-state index in [4.69, 9.17) is 29.0 Å². The maximum atomic E-state index is 13.9. The first-order valence-corrected chi connectivity index (χ1v) is 14.1. The van der Waals surface area contributed by atoms with Crippen LogP contribution in [0, 0.1) is 11.3 Å². The number of fused-ring (bicyclic) bond motifs is 1. The molecule has 0 aliphatic carbocycles. The smallest absolute Gasteiger partial charge is 0.459 e. The normalized spacial score (nSPS) is 20.3. The summed E-state index contributed by atoms with van der Waals surface area (Å²) in [6.45, 7) is 1.26. The molecular weight excluding hydrogens is 559 g/mol. The van der Waals surface area contributed by atoms with Crippen molar-refractivity contribution in [1.82, 2.24) is 19.7 Å². The number of nitrogen functional groups attached to an aromatic ring is 1. The van der Waals surface area contributed by atoms with Crippen molar-refractivity contribution in [3.05, 3.63) is 54.5 Å². The van der Waals surface area contributed by atoms with Gasteiger partial charge in [-0.25, -0.2) is 14.1 Å². The average Bonchev–Trinajstić information content (AvgIpc) is 3.64. The van der Waals surface area contributed by atoms with Gasteiger partial charge in [0.05, 0.1) is 18.9 Å². The fraction of sp³-hybridized carbons (Fsp3) is 0.440. The molecule has 16 heteroatoms. The molecule has 0 amide bonds. The molecule has 3 heterocycles. The minimum atomic E-state index is -4.44. The summed E-state index contributed by atoms with van der Waals surface area (Å²) in [6, 6.07) is 11.6. The summed E-state index contributed by atoms with van der Waals surface area (Å²) in [4.78, 5) is 16.5. The zero-order valence-corrected chi connectivity index (χ0v) is 23.2. The van der Waals surface area contributed by atoms with Crippen LogP contribution in [0.1, 0.15) is 25.1 Å². The predicted octanol–water partition coefficient (Wildman–Crippen LogP) is 1.13. The molecule has 4 rings (SSSR count). The molecule has 2 aromatic heterocycles. The van der Waals surface area contributed by atoms with Crippen LogP contribution < -0.4 is 15.3 Å². The number of rotatable bonds is 13. The minimum Gasteiger partial charge on any atom is -0.459 e. The van der Waals surface area contributed by atoms with E-state index in [2.05, 4.69) is 15.2 Å². The van der Waals surface area contributed by atoms with E-state index in [0.717, 1.165) is 13.4 Å². The zero-order valence-electron chi connectivity index (χ0n) is 22.3. The number of para-hydroxylation sites is 1. The summed E-state index contributed by atoms with van der Waals surface area (Å²) >= 11 is 0. The highest BCUT2D eigenvalue weighted by Gasteiger charge is 2.47. The first-order valence-electron chi connectivity index (χ1n) is 12.6. The van der Waals surface area contributed by atoms with Crippen LogP contribution in [0.3, 0.4) is 0 Å². The molecule has 1 fully saturated rings. The number of ether oxygens (including phenoxy) is 3. The number of hydrogen-bond donors (Lipinski definition) is 4. The van der Waals surface area contributed by atoms with Crippen LogP contribution in [0.4, 0.5) is 5.82 Å². The summed E-state index contributed by atoms with van der Waals surface area (Å²) in [5.74, 6) is -0.463. The Morgan fingerprint density at radius 1 is 1.34 bits per heavy atom. The van der Waals surface area contributed by atoms with E-state index < -0.39 is 50.3 Å². The standard InChI is InChI=1S/C25H31N6O9P/c1-16(24(34)39-18-10-11-37-12-18)30-41(35,40-17-6-4-3-5-7-17)38-14-25(13-26,36-2)22(33)21(32)19-8-9-20-23(27)28-15-29-31(19)20/h3-9,15-16,18,21-22,32-33H,10-12,14H2,1-2H3,(H,30,35)(H2,27,28,29)/t16-,18-,21-,22-,25+,41?/m0/s1. The van der Waals surface area contributed by atoms with Gasteiger partial charge in [0.15, 0.2) is 5.82 Å². The van der Waals surface area contributed by atoms with Crippen molar-refractivity contribution in [1.29, 1.82) is 5.26 Å². The van der Waals surface area contributed by atoms with Crippen molar-refractivity contribution >= 4 is 25.1 Å². The number of methoxy groups -OCH3 is 1. The molecule has 220 valence electrons. The van der Waals surface area contributed by atoms with E-state index in [1.807, 2.05) is 0 Å². The first kappa shape index (κ1) is 30.4. The first-order chi connectivity index (χ1) is 19.6.